The summed E-state index contributed by atoms with van der Waals surface area (Å²) >= 11 is 0. The highest BCUT2D eigenvalue weighted by atomic mass is 32.2. The molecule has 0 spiro atoms. The van der Waals surface area contributed by atoms with Crippen LogP contribution in [0.3, 0.4) is 0 Å². The molecule has 1 aliphatic rings. The maximum Gasteiger partial charge on any atom is 0.297 e. The van der Waals surface area contributed by atoms with Crippen LogP contribution in [-0.2, 0) is 19.1 Å². The smallest absolute Gasteiger partial charge is 0.297 e. The normalized spacial score (nSPS) is 22.6. The number of benzene rings is 1. The molecule has 1 aromatic carbocycles. The van der Waals surface area contributed by atoms with Gasteiger partial charge in [0.1, 0.15) is 0 Å². The first-order chi connectivity index (χ1) is 10.1. The van der Waals surface area contributed by atoms with Crippen LogP contribution in [0.25, 0.3) is 0 Å². The van der Waals surface area contributed by atoms with Gasteiger partial charge in [0, 0.05) is 11.1 Å². The number of piperidine rings is 1. The Hall–Kier alpha value is -0.950. The molecule has 2 rings (SSSR count). The lowest BCUT2D eigenvalue weighted by molar-refractivity contribution is -0.274. The van der Waals surface area contributed by atoms with Crippen molar-refractivity contribution in [1.29, 1.82) is 0 Å². The predicted octanol–water partition coefficient (Wildman–Crippen LogP) is 2.97. The van der Waals surface area contributed by atoms with E-state index in [0.717, 1.165) is 0 Å². The van der Waals surface area contributed by atoms with Gasteiger partial charge in [-0.2, -0.15) is 13.5 Å². The molecule has 0 atom stereocenters. The van der Waals surface area contributed by atoms with Gasteiger partial charge in [0.25, 0.3) is 10.1 Å². The SMILES string of the molecule is CON1C(C)(C)CC(OS(=O)(=O)c2ccccc2)CC1(C)C. The van der Waals surface area contributed by atoms with Crippen LogP contribution >= 0.6 is 0 Å². The Morgan fingerprint density at radius 3 is 2.00 bits per heavy atom. The molecule has 0 aliphatic carbocycles. The van der Waals surface area contributed by atoms with Gasteiger partial charge in [-0.25, -0.2) is 0 Å². The third-order valence-electron chi connectivity index (χ3n) is 4.03. The monoisotopic (exact) mass is 327 g/mol. The van der Waals surface area contributed by atoms with Gasteiger partial charge in [0.2, 0.25) is 0 Å². The van der Waals surface area contributed by atoms with Crippen molar-refractivity contribution >= 4 is 10.1 Å². The molecule has 0 aromatic heterocycles. The highest BCUT2D eigenvalue weighted by Gasteiger charge is 2.47. The summed E-state index contributed by atoms with van der Waals surface area (Å²) in [5, 5.41) is 1.93. The van der Waals surface area contributed by atoms with E-state index in [2.05, 4.69) is 0 Å². The van der Waals surface area contributed by atoms with E-state index < -0.39 is 10.1 Å². The van der Waals surface area contributed by atoms with Crippen molar-refractivity contribution in [2.45, 2.75) is 62.6 Å². The molecule has 1 saturated heterocycles. The summed E-state index contributed by atoms with van der Waals surface area (Å²) in [4.78, 5) is 5.71. The summed E-state index contributed by atoms with van der Waals surface area (Å²) in [6.07, 6.45) is 0.786. The van der Waals surface area contributed by atoms with Crippen molar-refractivity contribution in [2.24, 2.45) is 0 Å². The number of hydrogen-bond donors (Lipinski definition) is 0. The first-order valence-corrected chi connectivity index (χ1v) is 8.82. The van der Waals surface area contributed by atoms with Gasteiger partial charge in [-0.3, -0.25) is 4.18 Å². The summed E-state index contributed by atoms with van der Waals surface area (Å²) in [5.74, 6) is 0. The van der Waals surface area contributed by atoms with Crippen molar-refractivity contribution in [3.8, 4) is 0 Å². The van der Waals surface area contributed by atoms with Crippen LogP contribution in [0.15, 0.2) is 35.2 Å². The molecular weight excluding hydrogens is 302 g/mol. The largest absolute Gasteiger partial charge is 0.301 e. The Morgan fingerprint density at radius 2 is 1.55 bits per heavy atom. The molecule has 0 radical (unpaired) electrons. The Morgan fingerprint density at radius 1 is 1.05 bits per heavy atom. The fourth-order valence-electron chi connectivity index (χ4n) is 3.56. The Labute approximate surface area is 133 Å². The summed E-state index contributed by atoms with van der Waals surface area (Å²) in [6.45, 7) is 8.12. The van der Waals surface area contributed by atoms with Crippen molar-refractivity contribution < 1.29 is 17.4 Å². The highest BCUT2D eigenvalue weighted by Crippen LogP contribution is 2.40. The second-order valence-electron chi connectivity index (χ2n) is 7.00. The molecule has 0 N–H and O–H groups in total. The Kier molecular flexibility index (Phi) is 4.69. The van der Waals surface area contributed by atoms with E-state index in [-0.39, 0.29) is 22.1 Å². The van der Waals surface area contributed by atoms with E-state index >= 15 is 0 Å². The molecule has 1 fully saturated rings. The van der Waals surface area contributed by atoms with Gasteiger partial charge in [-0.05, 0) is 52.7 Å². The molecule has 0 saturated carbocycles. The van der Waals surface area contributed by atoms with E-state index in [1.807, 2.05) is 32.8 Å². The lowest BCUT2D eigenvalue weighted by Gasteiger charge is -2.52. The number of rotatable bonds is 4. The molecule has 0 amide bonds. The Balaban J connectivity index is 2.21. The van der Waals surface area contributed by atoms with Crippen LogP contribution in [-0.4, -0.2) is 37.8 Å². The van der Waals surface area contributed by atoms with Gasteiger partial charge < -0.3 is 4.84 Å². The first kappa shape index (κ1) is 17.4. The average Bonchev–Trinajstić information content (AvgIpc) is 2.36. The minimum atomic E-state index is -3.74. The van der Waals surface area contributed by atoms with Crippen LogP contribution in [0.4, 0.5) is 0 Å². The lowest BCUT2D eigenvalue weighted by atomic mass is 9.80. The van der Waals surface area contributed by atoms with Crippen molar-refractivity contribution in [3.63, 3.8) is 0 Å². The van der Waals surface area contributed by atoms with Crippen LogP contribution < -0.4 is 0 Å². The fourth-order valence-corrected chi connectivity index (χ4v) is 4.65. The first-order valence-electron chi connectivity index (χ1n) is 7.41. The Bertz CT molecular complexity index is 592. The number of nitrogens with zero attached hydrogens (tertiary/aromatic N) is 1. The highest BCUT2D eigenvalue weighted by molar-refractivity contribution is 7.86. The van der Waals surface area contributed by atoms with E-state index in [0.29, 0.717) is 12.8 Å². The second kappa shape index (κ2) is 5.92. The molecule has 124 valence electrons. The zero-order valence-corrected chi connectivity index (χ0v) is 14.7. The third-order valence-corrected chi connectivity index (χ3v) is 5.41. The topological polar surface area (TPSA) is 55.8 Å². The zero-order chi connectivity index (χ0) is 16.6. The van der Waals surface area contributed by atoms with Gasteiger partial charge in [-0.1, -0.05) is 18.2 Å². The van der Waals surface area contributed by atoms with Crippen molar-refractivity contribution in [2.75, 3.05) is 7.11 Å². The molecule has 0 unspecified atom stereocenters. The molecule has 1 aromatic rings. The molecule has 0 bridgehead atoms. The van der Waals surface area contributed by atoms with Gasteiger partial charge in [0.15, 0.2) is 0 Å². The minimum Gasteiger partial charge on any atom is -0.301 e. The van der Waals surface area contributed by atoms with Gasteiger partial charge in [-0.15, -0.1) is 0 Å². The van der Waals surface area contributed by atoms with E-state index in [1.54, 1.807) is 37.4 Å². The van der Waals surface area contributed by atoms with Crippen molar-refractivity contribution in [1.82, 2.24) is 5.06 Å². The summed E-state index contributed by atoms with van der Waals surface area (Å²) in [7, 11) is -2.10. The standard InChI is InChI=1S/C16H25NO4S/c1-15(2)11-13(12-16(3,4)17(15)20-5)21-22(18,19)14-9-7-6-8-10-14/h6-10,13H,11-12H2,1-5H3. The van der Waals surface area contributed by atoms with E-state index in [1.165, 1.54) is 0 Å². The average molecular weight is 327 g/mol. The van der Waals surface area contributed by atoms with E-state index in [9.17, 15) is 8.42 Å². The maximum atomic E-state index is 12.4. The van der Waals surface area contributed by atoms with E-state index in [4.69, 9.17) is 9.02 Å². The lowest BCUT2D eigenvalue weighted by Crippen LogP contribution is -2.61. The van der Waals surface area contributed by atoms with Crippen LogP contribution in [0.5, 0.6) is 0 Å². The zero-order valence-electron chi connectivity index (χ0n) is 13.9. The molecule has 5 nitrogen and oxygen atoms in total. The fraction of sp³-hybridized carbons (Fsp3) is 0.625. The summed E-state index contributed by atoms with van der Waals surface area (Å²) < 4.78 is 30.3. The number of hydrogen-bond acceptors (Lipinski definition) is 5. The van der Waals surface area contributed by atoms with Crippen LogP contribution in [0, 0.1) is 0 Å². The molecule has 22 heavy (non-hydrogen) atoms. The minimum absolute atomic E-state index is 0.194. The summed E-state index contributed by atoms with van der Waals surface area (Å²) in [6, 6.07) is 8.27. The molecule has 6 heteroatoms. The molecular formula is C16H25NO4S. The number of hydroxylamine groups is 2. The van der Waals surface area contributed by atoms with Gasteiger partial charge >= 0.3 is 0 Å². The summed E-state index contributed by atoms with van der Waals surface area (Å²) in [5.41, 5.74) is -0.624. The maximum absolute atomic E-state index is 12.4. The van der Waals surface area contributed by atoms with Crippen LogP contribution in [0.1, 0.15) is 40.5 Å². The van der Waals surface area contributed by atoms with Crippen LogP contribution in [0.2, 0.25) is 0 Å². The molecule has 1 heterocycles. The predicted molar refractivity (Wildman–Crippen MR) is 84.7 cm³/mol. The second-order valence-corrected chi connectivity index (χ2v) is 8.57. The van der Waals surface area contributed by atoms with Gasteiger partial charge in [0.05, 0.1) is 18.1 Å². The van der Waals surface area contributed by atoms with Crippen molar-refractivity contribution in [3.05, 3.63) is 30.3 Å². The third kappa shape index (κ3) is 3.51. The quantitative estimate of drug-likeness (QED) is 0.796. The molecule has 1 aliphatic heterocycles.